The molecule has 20 heavy (non-hydrogen) atoms. The van der Waals surface area contributed by atoms with Crippen LogP contribution in [-0.2, 0) is 0 Å². The van der Waals surface area contributed by atoms with E-state index in [9.17, 15) is 0 Å². The molecule has 5 heteroatoms. The predicted octanol–water partition coefficient (Wildman–Crippen LogP) is 3.88. The minimum atomic E-state index is 0.691. The molecular formula is C15H16N4S. The maximum Gasteiger partial charge on any atom is 0.181 e. The molecule has 0 aliphatic rings. The van der Waals surface area contributed by atoms with Gasteiger partial charge in [-0.25, -0.2) is 9.97 Å². The van der Waals surface area contributed by atoms with Crippen LogP contribution in [0.2, 0.25) is 0 Å². The smallest absolute Gasteiger partial charge is 0.181 e. The molecule has 0 aliphatic heterocycles. The van der Waals surface area contributed by atoms with E-state index in [-0.39, 0.29) is 0 Å². The van der Waals surface area contributed by atoms with Gasteiger partial charge in [0, 0.05) is 12.7 Å². The first kappa shape index (κ1) is 13.0. The Bertz CT molecular complexity index is 736. The van der Waals surface area contributed by atoms with Crippen LogP contribution in [0.25, 0.3) is 21.7 Å². The number of thiophene rings is 1. The molecule has 0 spiro atoms. The van der Waals surface area contributed by atoms with Gasteiger partial charge in [-0.15, -0.1) is 11.3 Å². The number of anilines is 1. The fourth-order valence-electron chi connectivity index (χ4n) is 2.06. The lowest BCUT2D eigenvalue weighted by Gasteiger charge is -2.08. The zero-order valence-corrected chi connectivity index (χ0v) is 12.4. The van der Waals surface area contributed by atoms with Crippen LogP contribution in [0.15, 0.2) is 29.8 Å². The average molecular weight is 284 g/mol. The highest BCUT2D eigenvalue weighted by Crippen LogP contribution is 2.28. The highest BCUT2D eigenvalue weighted by atomic mass is 32.1. The molecule has 0 amide bonds. The van der Waals surface area contributed by atoms with E-state index in [1.165, 1.54) is 0 Å². The first-order valence-corrected chi connectivity index (χ1v) is 7.58. The Labute approximate surface area is 121 Å². The van der Waals surface area contributed by atoms with Gasteiger partial charge in [0.25, 0.3) is 0 Å². The molecule has 0 aromatic carbocycles. The van der Waals surface area contributed by atoms with Crippen LogP contribution in [0.4, 0.5) is 5.82 Å². The van der Waals surface area contributed by atoms with E-state index >= 15 is 0 Å². The van der Waals surface area contributed by atoms with E-state index in [4.69, 9.17) is 0 Å². The van der Waals surface area contributed by atoms with Crippen molar-refractivity contribution < 1.29 is 0 Å². The van der Waals surface area contributed by atoms with Gasteiger partial charge in [-0.1, -0.05) is 13.0 Å². The zero-order chi connectivity index (χ0) is 13.9. The fourth-order valence-corrected chi connectivity index (χ4v) is 2.82. The fraction of sp³-hybridized carbons (Fsp3) is 0.267. The number of nitrogens with one attached hydrogen (secondary N) is 1. The van der Waals surface area contributed by atoms with Gasteiger partial charge < -0.3 is 5.32 Å². The molecule has 0 saturated carbocycles. The standard InChI is InChI=1S/C15H16N4S/c1-3-7-17-13-11-6-9-20-15(11)19-14(18-13)12-10(2)5-4-8-16-12/h4-6,8-9H,3,7H2,1-2H3,(H,17,18,19). The van der Waals surface area contributed by atoms with Crippen molar-refractivity contribution in [3.63, 3.8) is 0 Å². The van der Waals surface area contributed by atoms with Crippen LogP contribution < -0.4 is 5.32 Å². The highest BCUT2D eigenvalue weighted by Gasteiger charge is 2.12. The maximum absolute atomic E-state index is 4.66. The third-order valence-electron chi connectivity index (χ3n) is 3.09. The molecule has 0 aliphatic carbocycles. The predicted molar refractivity (Wildman–Crippen MR) is 84.2 cm³/mol. The largest absolute Gasteiger partial charge is 0.369 e. The van der Waals surface area contributed by atoms with E-state index in [2.05, 4.69) is 33.3 Å². The molecule has 3 heterocycles. The van der Waals surface area contributed by atoms with Gasteiger partial charge in [0.05, 0.1) is 5.39 Å². The molecule has 0 unspecified atom stereocenters. The Morgan fingerprint density at radius 1 is 1.25 bits per heavy atom. The van der Waals surface area contributed by atoms with E-state index in [0.717, 1.165) is 40.3 Å². The zero-order valence-electron chi connectivity index (χ0n) is 11.6. The summed E-state index contributed by atoms with van der Waals surface area (Å²) in [6.45, 7) is 5.08. The summed E-state index contributed by atoms with van der Waals surface area (Å²) in [5.41, 5.74) is 1.94. The quantitative estimate of drug-likeness (QED) is 0.790. The number of hydrogen-bond donors (Lipinski definition) is 1. The van der Waals surface area contributed by atoms with Crippen molar-refractivity contribution in [1.29, 1.82) is 0 Å². The topological polar surface area (TPSA) is 50.7 Å². The van der Waals surface area contributed by atoms with Gasteiger partial charge in [0.1, 0.15) is 16.3 Å². The number of nitrogens with zero attached hydrogens (tertiary/aromatic N) is 3. The lowest BCUT2D eigenvalue weighted by atomic mass is 10.2. The average Bonchev–Trinajstić information content (AvgIpc) is 2.93. The molecule has 1 N–H and O–H groups in total. The normalized spacial score (nSPS) is 10.9. The van der Waals surface area contributed by atoms with Gasteiger partial charge >= 0.3 is 0 Å². The SMILES string of the molecule is CCCNc1nc(-c2ncccc2C)nc2sccc12. The van der Waals surface area contributed by atoms with Crippen molar-refractivity contribution in [3.05, 3.63) is 35.3 Å². The first-order valence-electron chi connectivity index (χ1n) is 6.70. The number of fused-ring (bicyclic) bond motifs is 1. The van der Waals surface area contributed by atoms with Gasteiger partial charge in [0.15, 0.2) is 5.82 Å². The van der Waals surface area contributed by atoms with Crippen molar-refractivity contribution in [2.75, 3.05) is 11.9 Å². The van der Waals surface area contributed by atoms with E-state index in [1.54, 1.807) is 17.5 Å². The van der Waals surface area contributed by atoms with Gasteiger partial charge in [-0.05, 0) is 36.4 Å². The van der Waals surface area contributed by atoms with Crippen LogP contribution in [-0.4, -0.2) is 21.5 Å². The Kier molecular flexibility index (Phi) is 3.60. The summed E-state index contributed by atoms with van der Waals surface area (Å²) in [5.74, 6) is 1.59. The number of hydrogen-bond acceptors (Lipinski definition) is 5. The second-order valence-electron chi connectivity index (χ2n) is 4.63. The summed E-state index contributed by atoms with van der Waals surface area (Å²) in [6.07, 6.45) is 2.84. The Hall–Kier alpha value is -2.01. The molecular weight excluding hydrogens is 268 g/mol. The summed E-state index contributed by atoms with van der Waals surface area (Å²) in [7, 11) is 0. The lowest BCUT2D eigenvalue weighted by molar-refractivity contribution is 0.970. The molecule has 0 fully saturated rings. The van der Waals surface area contributed by atoms with E-state index < -0.39 is 0 Å². The minimum absolute atomic E-state index is 0.691. The van der Waals surface area contributed by atoms with Crippen molar-refractivity contribution in [3.8, 4) is 11.5 Å². The molecule has 3 rings (SSSR count). The molecule has 3 aromatic rings. The number of aryl methyl sites for hydroxylation is 1. The highest BCUT2D eigenvalue weighted by molar-refractivity contribution is 7.16. The molecule has 0 atom stereocenters. The molecule has 0 bridgehead atoms. The van der Waals surface area contributed by atoms with Crippen molar-refractivity contribution in [2.24, 2.45) is 0 Å². The van der Waals surface area contributed by atoms with Gasteiger partial charge in [-0.2, -0.15) is 0 Å². The third-order valence-corrected chi connectivity index (χ3v) is 3.90. The Morgan fingerprint density at radius 2 is 2.15 bits per heavy atom. The maximum atomic E-state index is 4.66. The van der Waals surface area contributed by atoms with Crippen LogP contribution in [0.3, 0.4) is 0 Å². The van der Waals surface area contributed by atoms with Crippen molar-refractivity contribution >= 4 is 27.4 Å². The molecule has 102 valence electrons. The lowest BCUT2D eigenvalue weighted by Crippen LogP contribution is -2.04. The summed E-state index contributed by atoms with van der Waals surface area (Å²) in [4.78, 5) is 14.7. The summed E-state index contributed by atoms with van der Waals surface area (Å²) < 4.78 is 0. The second kappa shape index (κ2) is 5.54. The number of pyridine rings is 1. The number of aromatic nitrogens is 3. The summed E-state index contributed by atoms with van der Waals surface area (Å²) >= 11 is 1.63. The Morgan fingerprint density at radius 3 is 2.95 bits per heavy atom. The van der Waals surface area contributed by atoms with Crippen LogP contribution in [0.5, 0.6) is 0 Å². The van der Waals surface area contributed by atoms with Crippen molar-refractivity contribution in [2.45, 2.75) is 20.3 Å². The molecule has 0 saturated heterocycles. The van der Waals surface area contributed by atoms with Gasteiger partial charge in [-0.3, -0.25) is 4.98 Å². The number of rotatable bonds is 4. The molecule has 4 nitrogen and oxygen atoms in total. The minimum Gasteiger partial charge on any atom is -0.369 e. The molecule has 0 radical (unpaired) electrons. The first-order chi connectivity index (χ1) is 9.79. The van der Waals surface area contributed by atoms with Gasteiger partial charge in [0.2, 0.25) is 0 Å². The molecule has 3 aromatic heterocycles. The van der Waals surface area contributed by atoms with Crippen LogP contribution >= 0.6 is 11.3 Å². The summed E-state index contributed by atoms with van der Waals surface area (Å²) in [5, 5.41) is 6.51. The van der Waals surface area contributed by atoms with E-state index in [0.29, 0.717) is 5.82 Å². The Balaban J connectivity index is 2.14. The van der Waals surface area contributed by atoms with Crippen LogP contribution in [0.1, 0.15) is 18.9 Å². The van der Waals surface area contributed by atoms with Crippen LogP contribution in [0, 0.1) is 6.92 Å². The second-order valence-corrected chi connectivity index (χ2v) is 5.53. The third kappa shape index (κ3) is 2.36. The monoisotopic (exact) mass is 284 g/mol. The van der Waals surface area contributed by atoms with E-state index in [1.807, 2.05) is 24.4 Å². The summed E-state index contributed by atoms with van der Waals surface area (Å²) in [6, 6.07) is 6.02. The van der Waals surface area contributed by atoms with Crippen molar-refractivity contribution in [1.82, 2.24) is 15.0 Å².